The third-order valence-corrected chi connectivity index (χ3v) is 10.2. The lowest BCUT2D eigenvalue weighted by Gasteiger charge is -2.09. The van der Waals surface area contributed by atoms with Gasteiger partial charge < -0.3 is 9.73 Å². The zero-order valence-corrected chi connectivity index (χ0v) is 36.1. The number of Topliss-reactive ketones (excluding diaryl/α,β-unsaturated/α-hetero) is 1. The molecular formula is C44H26Br2Cl3N2O6P. The Morgan fingerprint density at radius 3 is 1.66 bits per heavy atom. The van der Waals surface area contributed by atoms with Crippen molar-refractivity contribution in [2.75, 3.05) is 6.54 Å². The molecule has 9 rings (SSSR count). The van der Waals surface area contributed by atoms with Gasteiger partial charge in [-0.1, -0.05) is 129 Å². The third-order valence-electron chi connectivity index (χ3n) is 9.19. The normalized spacial score (nSPS) is 11.9. The van der Waals surface area contributed by atoms with E-state index in [4.69, 9.17) is 4.42 Å². The number of nitrogens with zero attached hydrogens (tertiary/aromatic N) is 1. The highest BCUT2D eigenvalue weighted by molar-refractivity contribution is 9.10. The minimum Gasteiger partial charge on any atom is -0.436 e. The number of carbonyl (C=O) groups is 4. The minimum atomic E-state index is -3.22. The number of ketones is 3. The molecule has 0 radical (unpaired) electrons. The molecule has 1 aromatic heterocycles. The molecule has 2 aliphatic rings. The fraction of sp³-hybridized carbons (Fsp3) is 0.0227. The van der Waals surface area contributed by atoms with Crippen LogP contribution in [0.25, 0.3) is 45.0 Å². The van der Waals surface area contributed by atoms with Crippen LogP contribution < -0.4 is 5.32 Å². The molecule has 288 valence electrons. The van der Waals surface area contributed by atoms with Crippen LogP contribution in [0.1, 0.15) is 52.6 Å². The molecule has 0 aliphatic heterocycles. The molecule has 0 spiro atoms. The molecule has 0 atom stereocenters. The van der Waals surface area contributed by atoms with Gasteiger partial charge in [0.1, 0.15) is 0 Å². The minimum absolute atomic E-state index is 0.0529. The Morgan fingerprint density at radius 1 is 0.603 bits per heavy atom. The molecule has 6 aromatic carbocycles. The van der Waals surface area contributed by atoms with Crippen molar-refractivity contribution >= 4 is 94.0 Å². The van der Waals surface area contributed by atoms with Gasteiger partial charge in [-0.25, -0.2) is 4.98 Å². The van der Waals surface area contributed by atoms with Crippen molar-refractivity contribution in [3.8, 4) is 45.0 Å². The first kappa shape index (κ1) is 41.2. The Labute approximate surface area is 363 Å². The maximum Gasteiger partial charge on any atom is 0.339 e. The Kier molecular flexibility index (Phi) is 12.4. The first-order chi connectivity index (χ1) is 27.8. The van der Waals surface area contributed by atoms with E-state index >= 15 is 0 Å². The van der Waals surface area contributed by atoms with Gasteiger partial charge >= 0.3 is 5.20 Å². The molecule has 1 amide bonds. The summed E-state index contributed by atoms with van der Waals surface area (Å²) in [6, 6.07) is 40.5. The van der Waals surface area contributed by atoms with Crippen molar-refractivity contribution < 1.29 is 28.2 Å². The highest BCUT2D eigenvalue weighted by Gasteiger charge is 2.31. The predicted molar refractivity (Wildman–Crippen MR) is 235 cm³/mol. The summed E-state index contributed by atoms with van der Waals surface area (Å²) in [5.74, 6) is 0.632. The largest absolute Gasteiger partial charge is 0.436 e. The molecule has 7 aromatic rings. The second kappa shape index (κ2) is 17.5. The smallest absolute Gasteiger partial charge is 0.339 e. The van der Waals surface area contributed by atoms with Crippen LogP contribution in [0.15, 0.2) is 153 Å². The Hall–Kier alpha value is -4.93. The van der Waals surface area contributed by atoms with Gasteiger partial charge in [0, 0.05) is 64.6 Å². The summed E-state index contributed by atoms with van der Waals surface area (Å²) in [6.45, 7) is -0.111. The third kappa shape index (κ3) is 9.03. The van der Waals surface area contributed by atoms with Crippen molar-refractivity contribution in [1.29, 1.82) is 0 Å². The van der Waals surface area contributed by atoms with Gasteiger partial charge in [0.15, 0.2) is 23.1 Å². The van der Waals surface area contributed by atoms with Crippen molar-refractivity contribution in [3.63, 3.8) is 0 Å². The second-order valence-corrected chi connectivity index (χ2v) is 21.2. The number of rotatable bonds is 6. The maximum atomic E-state index is 12.7. The summed E-state index contributed by atoms with van der Waals surface area (Å²) in [5, 5.41) is -0.547. The van der Waals surface area contributed by atoms with E-state index in [-0.39, 0.29) is 29.8 Å². The standard InChI is InChI=1S/C22H14BrNO3.C22H12BrNO2.Cl3OP/c23-14-10-8-13(9-11-14)19(25)12-24-22(27)18-7-3-6-17-20(18)15-4-1-2-5-16(15)21(17)26;23-14-10-8-13(9-11-14)19-12-24-22(26-19)18-7-3-6-17-20(18)15-4-1-2-5-16(15)21(17)25;1-5(2,3)4/h1-11H,12H2,(H,24,27);1-12H;. The molecule has 0 saturated carbocycles. The summed E-state index contributed by atoms with van der Waals surface area (Å²) in [5.41, 5.74) is 8.48. The highest BCUT2D eigenvalue weighted by Crippen LogP contribution is 2.61. The molecule has 58 heavy (non-hydrogen) atoms. The monoisotopic (exact) mass is 972 g/mol. The fourth-order valence-electron chi connectivity index (χ4n) is 6.66. The van der Waals surface area contributed by atoms with Gasteiger partial charge in [0.05, 0.1) is 12.7 Å². The number of aromatic nitrogens is 1. The number of nitrogens with one attached hydrogen (secondary N) is 1. The Balaban J connectivity index is 0.000000158. The molecule has 2 aliphatic carbocycles. The van der Waals surface area contributed by atoms with Crippen LogP contribution in [0, 0.1) is 0 Å². The molecule has 0 unspecified atom stereocenters. The summed E-state index contributed by atoms with van der Waals surface area (Å²) < 4.78 is 17.4. The van der Waals surface area contributed by atoms with Crippen molar-refractivity contribution in [2.24, 2.45) is 0 Å². The molecule has 14 heteroatoms. The summed E-state index contributed by atoms with van der Waals surface area (Å²) in [6.07, 6.45) is 1.72. The van der Waals surface area contributed by atoms with Gasteiger partial charge in [-0.3, -0.25) is 23.7 Å². The predicted octanol–water partition coefficient (Wildman–Crippen LogP) is 13.1. The second-order valence-electron chi connectivity index (χ2n) is 12.8. The van der Waals surface area contributed by atoms with Crippen LogP contribution >= 0.6 is 70.8 Å². The molecular weight excluding hydrogens is 950 g/mol. The van der Waals surface area contributed by atoms with Crippen LogP contribution in [-0.2, 0) is 4.57 Å². The highest BCUT2D eigenvalue weighted by atomic mass is 79.9. The van der Waals surface area contributed by atoms with E-state index in [1.165, 1.54) is 0 Å². The molecule has 0 saturated heterocycles. The number of amides is 1. The van der Waals surface area contributed by atoms with E-state index in [9.17, 15) is 23.7 Å². The maximum absolute atomic E-state index is 12.7. The van der Waals surface area contributed by atoms with Crippen LogP contribution in [-0.4, -0.2) is 34.8 Å². The van der Waals surface area contributed by atoms with Gasteiger partial charge in [-0.2, -0.15) is 0 Å². The van der Waals surface area contributed by atoms with E-state index in [2.05, 4.69) is 75.9 Å². The van der Waals surface area contributed by atoms with Crippen molar-refractivity contribution in [2.45, 2.75) is 0 Å². The topological polar surface area (TPSA) is 123 Å². The quantitative estimate of drug-likeness (QED) is 0.130. The summed E-state index contributed by atoms with van der Waals surface area (Å²) in [4.78, 5) is 54.7. The van der Waals surface area contributed by atoms with Crippen LogP contribution in [0.2, 0.25) is 0 Å². The van der Waals surface area contributed by atoms with E-state index < -0.39 is 5.20 Å². The van der Waals surface area contributed by atoms with E-state index in [0.29, 0.717) is 45.0 Å². The molecule has 0 bridgehead atoms. The average molecular weight is 976 g/mol. The number of benzene rings is 6. The van der Waals surface area contributed by atoms with E-state index in [1.54, 1.807) is 60.8 Å². The summed E-state index contributed by atoms with van der Waals surface area (Å²) >= 11 is 20.6. The average Bonchev–Trinajstić information content (AvgIpc) is 3.91. The van der Waals surface area contributed by atoms with Crippen LogP contribution in [0.3, 0.4) is 0 Å². The first-order valence-corrected chi connectivity index (χ1v) is 23.3. The molecule has 1 N–H and O–H groups in total. The number of hydrogen-bond acceptors (Lipinski definition) is 7. The van der Waals surface area contributed by atoms with Crippen molar-refractivity contribution in [1.82, 2.24) is 10.3 Å². The van der Waals surface area contributed by atoms with Gasteiger partial charge in [-0.05, 0) is 81.2 Å². The van der Waals surface area contributed by atoms with Gasteiger partial charge in [0.25, 0.3) is 5.91 Å². The molecule has 0 fully saturated rings. The van der Waals surface area contributed by atoms with Crippen molar-refractivity contribution in [3.05, 3.63) is 182 Å². The zero-order chi connectivity index (χ0) is 41.1. The van der Waals surface area contributed by atoms with Gasteiger partial charge in [-0.15, -0.1) is 0 Å². The zero-order valence-electron chi connectivity index (χ0n) is 29.7. The number of halogens is 5. The van der Waals surface area contributed by atoms with Gasteiger partial charge in [0.2, 0.25) is 5.89 Å². The number of hydrogen-bond donors (Lipinski definition) is 1. The number of fused-ring (bicyclic) bond motifs is 6. The number of oxazole rings is 1. The molecule has 8 nitrogen and oxygen atoms in total. The SMILES string of the molecule is O=C(CNC(=O)c1cccc2c1-c1ccccc1C2=O)c1ccc(Br)cc1.O=C1c2ccccc2-c2c1cccc2-c1ncc(-c2ccc(Br)cc2)o1.O=P(Cl)(Cl)Cl. The number of carbonyl (C=O) groups excluding carboxylic acids is 4. The van der Waals surface area contributed by atoms with Crippen LogP contribution in [0.4, 0.5) is 0 Å². The van der Waals surface area contributed by atoms with E-state index in [1.807, 2.05) is 78.9 Å². The fourth-order valence-corrected chi connectivity index (χ4v) is 7.19. The lowest BCUT2D eigenvalue weighted by Crippen LogP contribution is -2.30. The first-order valence-electron chi connectivity index (χ1n) is 17.3. The lowest BCUT2D eigenvalue weighted by atomic mass is 9.99. The lowest BCUT2D eigenvalue weighted by molar-refractivity contribution is 0.0904. The Morgan fingerprint density at radius 2 is 1.07 bits per heavy atom. The van der Waals surface area contributed by atoms with Crippen LogP contribution in [0.5, 0.6) is 0 Å². The molecule has 1 heterocycles. The van der Waals surface area contributed by atoms with E-state index in [0.717, 1.165) is 42.3 Å². The summed E-state index contributed by atoms with van der Waals surface area (Å²) in [7, 11) is 0. The Bertz CT molecular complexity index is 2800.